The Hall–Kier alpha value is -1.92. The Balaban J connectivity index is 2.26. The number of benzene rings is 2. The molecule has 1 atom stereocenters. The number of carbonyl (C=O) groups is 1. The van der Waals surface area contributed by atoms with Gasteiger partial charge in [0.05, 0.1) is 15.3 Å². The summed E-state index contributed by atoms with van der Waals surface area (Å²) in [6.45, 7) is -23.6. The van der Waals surface area contributed by atoms with Crippen molar-refractivity contribution in [1.82, 2.24) is 9.80 Å². The summed E-state index contributed by atoms with van der Waals surface area (Å²) in [5.41, 5.74) is 0.451. The Bertz CT molecular complexity index is 1190. The van der Waals surface area contributed by atoms with Crippen LogP contribution in [0.1, 0.15) is 33.6 Å². The average molecular weight is 402 g/mol. The predicted octanol–water partition coefficient (Wildman–Crippen LogP) is 3.15. The Kier molecular flexibility index (Phi) is 3.30. The molecule has 1 N–H and O–H groups in total. The molecule has 0 radical (unpaired) electrons. The van der Waals surface area contributed by atoms with Crippen LogP contribution in [0.5, 0.6) is 0 Å². The number of hydrogen-bond acceptors (Lipinski definition) is 5. The number of halogens is 1. The maximum absolute atomic E-state index is 11.3. The zero-order chi connectivity index (χ0) is 30.5. The van der Waals surface area contributed by atoms with Gasteiger partial charge in [0.25, 0.3) is 1.43 Å². The van der Waals surface area contributed by atoms with Gasteiger partial charge in [0.15, 0.2) is 0 Å². The van der Waals surface area contributed by atoms with Gasteiger partial charge in [-0.15, -0.1) is 0 Å². The third kappa shape index (κ3) is 5.78. The van der Waals surface area contributed by atoms with E-state index in [2.05, 4.69) is 9.85 Å². The summed E-state index contributed by atoms with van der Waals surface area (Å²) < 4.78 is 114. The largest absolute Gasteiger partial charge is 0.480 e. The van der Waals surface area contributed by atoms with Gasteiger partial charge in [-0.1, -0.05) is 54.1 Å². The summed E-state index contributed by atoms with van der Waals surface area (Å²) in [6.07, 6.45) is 0. The molecule has 6 heteroatoms. The van der Waals surface area contributed by atoms with Crippen molar-refractivity contribution in [3.8, 4) is 0 Å². The van der Waals surface area contributed by atoms with E-state index in [4.69, 9.17) is 29.5 Å². The molecule has 0 amide bonds. The van der Waals surface area contributed by atoms with Crippen molar-refractivity contribution >= 4 is 17.6 Å². The van der Waals surface area contributed by atoms with Gasteiger partial charge in [-0.05, 0) is 23.3 Å². The van der Waals surface area contributed by atoms with E-state index in [1.165, 1.54) is 36.4 Å². The molecular weight excluding hydrogens is 364 g/mol. The van der Waals surface area contributed by atoms with E-state index in [-0.39, 0.29) is 11.1 Å². The van der Waals surface area contributed by atoms with E-state index in [1.54, 1.807) is 18.2 Å². The molecule has 1 aliphatic rings. The molecule has 2 aromatic rings. The Labute approximate surface area is 183 Å². The molecule has 2 aromatic carbocycles. The van der Waals surface area contributed by atoms with Gasteiger partial charge in [-0.25, -0.2) is 4.79 Å². The predicted molar refractivity (Wildman–Crippen MR) is 106 cm³/mol. The molecule has 3 rings (SSSR count). The maximum atomic E-state index is 11.3. The van der Waals surface area contributed by atoms with Gasteiger partial charge in [-0.2, -0.15) is 0 Å². The summed E-state index contributed by atoms with van der Waals surface area (Å²) in [6, 6.07) is 12.0. The number of aliphatic carboxylic acids is 1. The van der Waals surface area contributed by atoms with Crippen molar-refractivity contribution in [2.75, 3.05) is 45.7 Å². The van der Waals surface area contributed by atoms with Crippen LogP contribution in [-0.4, -0.2) is 66.5 Å². The van der Waals surface area contributed by atoms with Crippen LogP contribution < -0.4 is 0 Å². The molecule has 1 unspecified atom stereocenters. The fourth-order valence-electron chi connectivity index (χ4n) is 2.39. The number of ether oxygens (including phenoxy) is 1. The first-order chi connectivity index (χ1) is 18.2. The van der Waals surface area contributed by atoms with Gasteiger partial charge in [-0.3, -0.25) is 9.80 Å². The van der Waals surface area contributed by atoms with E-state index < -0.39 is 62.6 Å². The highest BCUT2D eigenvalue weighted by Gasteiger charge is 2.26. The first-order valence-electron chi connectivity index (χ1n) is 14.3. The second-order valence-corrected chi connectivity index (χ2v) is 5.83. The van der Waals surface area contributed by atoms with E-state index in [9.17, 15) is 4.79 Å². The number of carboxylic acids is 1. The van der Waals surface area contributed by atoms with Crippen LogP contribution in [0.2, 0.25) is 5.02 Å². The molecule has 5 nitrogen and oxygen atoms in total. The first-order valence-corrected chi connectivity index (χ1v) is 8.26. The fraction of sp³-hybridized carbons (Fsp3) is 0.381. The number of piperazine rings is 1. The zero-order valence-electron chi connectivity index (χ0n) is 27.0. The average Bonchev–Trinajstić information content (AvgIpc) is 2.85. The number of nitrogens with zero attached hydrogens (tertiary/aromatic N) is 2. The lowest BCUT2D eigenvalue weighted by Crippen LogP contribution is -2.48. The molecule has 27 heavy (non-hydrogen) atoms. The van der Waals surface area contributed by atoms with Crippen molar-refractivity contribution in [2.45, 2.75) is 6.04 Å². The van der Waals surface area contributed by atoms with Gasteiger partial charge < -0.3 is 9.85 Å². The molecule has 1 heterocycles. The Morgan fingerprint density at radius 3 is 2.48 bits per heavy atom. The van der Waals surface area contributed by atoms with Crippen LogP contribution in [-0.2, 0) is 9.53 Å². The molecule has 1 fully saturated rings. The second-order valence-electron chi connectivity index (χ2n) is 5.39. The molecule has 1 saturated heterocycles. The lowest BCUT2D eigenvalue weighted by atomic mass is 9.96. The molecule has 1 aliphatic heterocycles. The first kappa shape index (κ1) is 9.05. The Morgan fingerprint density at radius 2 is 1.81 bits per heavy atom. The van der Waals surface area contributed by atoms with E-state index in [0.717, 1.165) is 0 Å². The molecule has 0 saturated carbocycles. The molecule has 0 bridgehead atoms. The minimum absolute atomic E-state index is 0.207. The molecule has 144 valence electrons. The second kappa shape index (κ2) is 9.85. The highest BCUT2D eigenvalue weighted by molar-refractivity contribution is 6.30. The van der Waals surface area contributed by atoms with Crippen molar-refractivity contribution < 1.29 is 31.1 Å². The SMILES string of the molecule is [2H]OC(=O)COC([2H])([2H])C([2H])([2H])N1C([2H])([2H])C([2H])([2H])N(C(c2ccccc2)c2ccc(Cl)cc2)C([2H])([2H])C1([2H])[2H]. The highest BCUT2D eigenvalue weighted by atomic mass is 35.5. The summed E-state index contributed by atoms with van der Waals surface area (Å²) in [7, 11) is 0. The third-order valence-electron chi connectivity index (χ3n) is 3.54. The lowest BCUT2D eigenvalue weighted by molar-refractivity contribution is -0.142. The van der Waals surface area contributed by atoms with Gasteiger partial charge in [0.1, 0.15) is 6.61 Å². The Morgan fingerprint density at radius 1 is 1.15 bits per heavy atom. The van der Waals surface area contributed by atoms with Gasteiger partial charge in [0, 0.05) is 51.2 Å². The molecular formula is C21H25ClN2O3. The van der Waals surface area contributed by atoms with E-state index in [1.807, 2.05) is 0 Å². The number of carboxylic acid groups (broad SMARTS) is 1. The molecule has 0 spiro atoms. The minimum atomic E-state index is -3.93. The summed E-state index contributed by atoms with van der Waals surface area (Å²) >= 11 is 6.00. The smallest absolute Gasteiger partial charge is 0.329 e. The van der Waals surface area contributed by atoms with E-state index in [0.29, 0.717) is 9.92 Å². The molecule has 0 aromatic heterocycles. The monoisotopic (exact) mass is 401 g/mol. The van der Waals surface area contributed by atoms with Crippen molar-refractivity contribution in [2.24, 2.45) is 0 Å². The van der Waals surface area contributed by atoms with Gasteiger partial charge >= 0.3 is 5.97 Å². The quantitative estimate of drug-likeness (QED) is 0.736. The van der Waals surface area contributed by atoms with Crippen molar-refractivity contribution in [3.05, 3.63) is 70.7 Å². The third-order valence-corrected chi connectivity index (χ3v) is 3.80. The highest BCUT2D eigenvalue weighted by Crippen LogP contribution is 2.30. The fourth-order valence-corrected chi connectivity index (χ4v) is 2.52. The normalized spacial score (nSPS) is 32.4. The summed E-state index contributed by atoms with van der Waals surface area (Å²) in [5.74, 6) is -1.45. The number of rotatable bonds is 8. The van der Waals surface area contributed by atoms with Crippen molar-refractivity contribution in [3.63, 3.8) is 0 Å². The molecule has 0 aliphatic carbocycles. The van der Waals surface area contributed by atoms with Crippen LogP contribution in [0.15, 0.2) is 54.6 Å². The topological polar surface area (TPSA) is 53.0 Å². The minimum Gasteiger partial charge on any atom is -0.480 e. The van der Waals surface area contributed by atoms with E-state index >= 15 is 0 Å². The summed E-state index contributed by atoms with van der Waals surface area (Å²) in [5, 5.41) is 3.88. The number of hydrogen-bond donors (Lipinski definition) is 1. The van der Waals surface area contributed by atoms with Crippen LogP contribution in [0.3, 0.4) is 0 Å². The van der Waals surface area contributed by atoms with Crippen LogP contribution in [0.4, 0.5) is 0 Å². The van der Waals surface area contributed by atoms with Crippen molar-refractivity contribution in [1.29, 1.82) is 1.43 Å². The lowest BCUT2D eigenvalue weighted by Gasteiger charge is -2.39. The van der Waals surface area contributed by atoms with Crippen LogP contribution >= 0.6 is 11.6 Å². The zero-order valence-corrected chi connectivity index (χ0v) is 14.7. The van der Waals surface area contributed by atoms with Crippen LogP contribution in [0.25, 0.3) is 1.43 Å². The maximum Gasteiger partial charge on any atom is 0.329 e. The standard InChI is InChI=1S/C21H25ClN2O3/c22-19-8-6-18(7-9-19)21(17-4-2-1-3-5-17)24-12-10-23(11-13-24)14-15-27-16-20(25)26/h1-9,21H,10-16H2,(H,25,26)/i10D2,11D2,12D2,13D2,14D2,15D2/hD. The summed E-state index contributed by atoms with van der Waals surface area (Å²) in [4.78, 5) is 11.1. The van der Waals surface area contributed by atoms with Gasteiger partial charge in [0.2, 0.25) is 0 Å². The van der Waals surface area contributed by atoms with Crippen LogP contribution in [0, 0.1) is 0 Å².